The lowest BCUT2D eigenvalue weighted by Gasteiger charge is -2.38. The normalized spacial score (nSPS) is 17.8. The first-order chi connectivity index (χ1) is 25.4. The molecule has 0 saturated carbocycles. The molecule has 2 aromatic carbocycles. The summed E-state index contributed by atoms with van der Waals surface area (Å²) in [6.07, 6.45) is 8.31. The smallest absolute Gasteiger partial charge is 0.241 e. The second-order valence-corrected chi connectivity index (χ2v) is 16.5. The molecular formula is C40H55ClN8O2S2. The summed E-state index contributed by atoms with van der Waals surface area (Å²) in [5, 5.41) is 9.81. The number of rotatable bonds is 17. The van der Waals surface area contributed by atoms with E-state index in [1.54, 1.807) is 0 Å². The van der Waals surface area contributed by atoms with Gasteiger partial charge in [0.05, 0.1) is 60.0 Å². The van der Waals surface area contributed by atoms with Gasteiger partial charge in [0.25, 0.3) is 0 Å². The van der Waals surface area contributed by atoms with Gasteiger partial charge in [-0.3, -0.25) is 19.0 Å². The van der Waals surface area contributed by atoms with Gasteiger partial charge in [-0.25, -0.2) is 0 Å². The maximum absolute atomic E-state index is 13.9. The third-order valence-corrected chi connectivity index (χ3v) is 12.7. The highest BCUT2D eigenvalue weighted by atomic mass is 35.5. The van der Waals surface area contributed by atoms with Crippen molar-refractivity contribution in [2.45, 2.75) is 102 Å². The van der Waals surface area contributed by atoms with Crippen LogP contribution in [-0.2, 0) is 22.7 Å². The van der Waals surface area contributed by atoms with Crippen LogP contribution in [0, 0.1) is 0 Å². The first kappa shape index (κ1) is 40.9. The van der Waals surface area contributed by atoms with Crippen LogP contribution < -0.4 is 11.5 Å². The largest absolute Gasteiger partial charge is 0.331 e. The number of halogens is 1. The fraction of sp³-hybridized carbons (Fsp3) is 0.500. The summed E-state index contributed by atoms with van der Waals surface area (Å²) in [5.74, 6) is 0.834. The molecule has 2 aliphatic heterocycles. The molecule has 286 valence electrons. The van der Waals surface area contributed by atoms with Crippen LogP contribution in [-0.4, -0.2) is 77.9 Å². The Hall–Kier alpha value is -3.29. The highest BCUT2D eigenvalue weighted by Crippen LogP contribution is 2.36. The van der Waals surface area contributed by atoms with Crippen molar-refractivity contribution in [3.8, 4) is 22.5 Å². The van der Waals surface area contributed by atoms with Crippen molar-refractivity contribution in [2.75, 3.05) is 24.6 Å². The Kier molecular flexibility index (Phi) is 15.3. The lowest BCUT2D eigenvalue weighted by Crippen LogP contribution is -2.50. The molecule has 6 rings (SSSR count). The van der Waals surface area contributed by atoms with E-state index in [2.05, 4.69) is 59.6 Å². The average molecular weight is 780 g/mol. The van der Waals surface area contributed by atoms with Gasteiger partial charge in [0.1, 0.15) is 0 Å². The molecule has 2 aromatic heterocycles. The Bertz CT molecular complexity index is 1630. The summed E-state index contributed by atoms with van der Waals surface area (Å²) in [6.45, 7) is 6.86. The predicted octanol–water partition coefficient (Wildman–Crippen LogP) is 7.50. The third kappa shape index (κ3) is 9.88. The molecule has 0 aliphatic carbocycles. The summed E-state index contributed by atoms with van der Waals surface area (Å²) < 4.78 is 4.15. The number of hydrogen-bond acceptors (Lipinski definition) is 8. The van der Waals surface area contributed by atoms with Gasteiger partial charge in [0, 0.05) is 35.7 Å². The molecule has 2 unspecified atom stereocenters. The molecule has 2 aliphatic rings. The SMILES string of the molecule is CCCCCC1c2cc(-c3ccccc3)nn2CCN1C(=O)[C@@H](N)CSSC[C@H](N)C(=O)N1CCn2nc(-c3ccccc3)cc2C1CCCCC.Cl. The number of aromatic nitrogens is 4. The Morgan fingerprint density at radius 1 is 0.660 bits per heavy atom. The van der Waals surface area contributed by atoms with Crippen molar-refractivity contribution in [1.82, 2.24) is 29.4 Å². The van der Waals surface area contributed by atoms with Crippen molar-refractivity contribution >= 4 is 45.8 Å². The lowest BCUT2D eigenvalue weighted by molar-refractivity contribution is -0.136. The molecule has 10 nitrogen and oxygen atoms in total. The second-order valence-electron chi connectivity index (χ2n) is 14.0. The monoisotopic (exact) mass is 778 g/mol. The van der Waals surface area contributed by atoms with Crippen LogP contribution in [0.3, 0.4) is 0 Å². The number of nitrogens with two attached hydrogens (primary N) is 2. The molecule has 53 heavy (non-hydrogen) atoms. The molecule has 4 N–H and O–H groups in total. The predicted molar refractivity (Wildman–Crippen MR) is 221 cm³/mol. The Morgan fingerprint density at radius 3 is 1.43 bits per heavy atom. The van der Waals surface area contributed by atoms with Crippen molar-refractivity contribution in [2.24, 2.45) is 11.5 Å². The van der Waals surface area contributed by atoms with Crippen LogP contribution in [0.1, 0.15) is 88.7 Å². The second kappa shape index (κ2) is 19.9. The average Bonchev–Trinajstić information content (AvgIpc) is 3.82. The fourth-order valence-electron chi connectivity index (χ4n) is 7.41. The number of carbonyl (C=O) groups excluding carboxylic acids is 2. The fourth-order valence-corrected chi connectivity index (χ4v) is 9.64. The van der Waals surface area contributed by atoms with Gasteiger partial charge in [-0.2, -0.15) is 10.2 Å². The Labute approximate surface area is 328 Å². The van der Waals surface area contributed by atoms with Gasteiger partial charge in [0.2, 0.25) is 11.8 Å². The minimum atomic E-state index is -0.648. The number of hydrogen-bond donors (Lipinski definition) is 2. The highest BCUT2D eigenvalue weighted by Gasteiger charge is 2.36. The summed E-state index contributed by atoms with van der Waals surface area (Å²) in [6, 6.07) is 23.3. The summed E-state index contributed by atoms with van der Waals surface area (Å²) >= 11 is 0. The Morgan fingerprint density at radius 2 is 1.06 bits per heavy atom. The maximum atomic E-state index is 13.9. The third-order valence-electron chi connectivity index (χ3n) is 10.2. The maximum Gasteiger partial charge on any atom is 0.241 e. The molecule has 4 atom stereocenters. The molecule has 0 fully saturated rings. The van der Waals surface area contributed by atoms with E-state index in [0.717, 1.165) is 85.3 Å². The van der Waals surface area contributed by atoms with E-state index in [1.165, 1.54) is 21.6 Å². The summed E-state index contributed by atoms with van der Waals surface area (Å²) in [5.41, 5.74) is 19.3. The van der Waals surface area contributed by atoms with Crippen LogP contribution in [0.15, 0.2) is 72.8 Å². The van der Waals surface area contributed by atoms with E-state index in [1.807, 2.05) is 46.2 Å². The number of nitrogens with zero attached hydrogens (tertiary/aromatic N) is 6. The number of benzene rings is 2. The Balaban J connectivity index is 0.00000541. The first-order valence-electron chi connectivity index (χ1n) is 19.0. The van der Waals surface area contributed by atoms with Gasteiger partial charge in [0.15, 0.2) is 0 Å². The van der Waals surface area contributed by atoms with Crippen molar-refractivity contribution in [1.29, 1.82) is 0 Å². The topological polar surface area (TPSA) is 128 Å². The number of carbonyl (C=O) groups is 2. The van der Waals surface area contributed by atoms with E-state index in [-0.39, 0.29) is 36.3 Å². The van der Waals surface area contributed by atoms with Crippen LogP contribution in [0.4, 0.5) is 0 Å². The molecule has 13 heteroatoms. The van der Waals surface area contributed by atoms with E-state index in [4.69, 9.17) is 21.7 Å². The van der Waals surface area contributed by atoms with Crippen LogP contribution in [0.5, 0.6) is 0 Å². The van der Waals surface area contributed by atoms with Crippen molar-refractivity contribution in [3.63, 3.8) is 0 Å². The quantitative estimate of drug-likeness (QED) is 0.0834. The van der Waals surface area contributed by atoms with E-state index in [0.29, 0.717) is 37.7 Å². The van der Waals surface area contributed by atoms with Crippen molar-refractivity contribution in [3.05, 3.63) is 84.2 Å². The molecule has 0 radical (unpaired) electrons. The summed E-state index contributed by atoms with van der Waals surface area (Å²) in [7, 11) is 3.05. The zero-order valence-electron chi connectivity index (χ0n) is 31.0. The minimum absolute atomic E-state index is 0. The van der Waals surface area contributed by atoms with Gasteiger partial charge < -0.3 is 21.3 Å². The van der Waals surface area contributed by atoms with E-state index < -0.39 is 12.1 Å². The van der Waals surface area contributed by atoms with Crippen LogP contribution >= 0.6 is 34.0 Å². The van der Waals surface area contributed by atoms with Crippen molar-refractivity contribution < 1.29 is 9.59 Å². The van der Waals surface area contributed by atoms with E-state index >= 15 is 0 Å². The minimum Gasteiger partial charge on any atom is -0.331 e. The lowest BCUT2D eigenvalue weighted by atomic mass is 10.00. The standard InChI is InChI=1S/C40H54N8O2S2.ClH/c1-3-5-9-19-35-37-25-33(29-15-11-7-12-16-29)43-47(37)23-21-45(35)39(49)31(41)27-51-52-28-32(42)40(50)46-22-24-48-38(36(46)20-10-6-4-2)26-34(44-48)30-17-13-8-14-18-30;/h7-8,11-18,25-26,31-32,35-36H,3-6,9-10,19-24,27-28,41-42H2,1-2H3;1H/t31-,32-,35?,36?;/m0./s1. The van der Waals surface area contributed by atoms with Gasteiger partial charge in [-0.1, -0.05) is 135 Å². The first-order valence-corrected chi connectivity index (χ1v) is 21.5. The molecule has 4 aromatic rings. The van der Waals surface area contributed by atoms with E-state index in [9.17, 15) is 9.59 Å². The van der Waals surface area contributed by atoms with Gasteiger partial charge in [-0.15, -0.1) is 12.4 Å². The molecule has 2 amide bonds. The molecular weight excluding hydrogens is 724 g/mol. The number of amides is 2. The highest BCUT2D eigenvalue weighted by molar-refractivity contribution is 8.76. The molecule has 4 heterocycles. The zero-order chi connectivity index (χ0) is 36.5. The zero-order valence-corrected chi connectivity index (χ0v) is 33.5. The van der Waals surface area contributed by atoms with Gasteiger partial charge >= 0.3 is 0 Å². The molecule has 0 saturated heterocycles. The molecule has 0 bridgehead atoms. The van der Waals surface area contributed by atoms with Gasteiger partial charge in [-0.05, 0) is 25.0 Å². The molecule has 0 spiro atoms. The number of unbranched alkanes of at least 4 members (excludes halogenated alkanes) is 4. The number of fused-ring (bicyclic) bond motifs is 2. The van der Waals surface area contributed by atoms with Crippen LogP contribution in [0.25, 0.3) is 22.5 Å². The van der Waals surface area contributed by atoms with Crippen LogP contribution in [0.2, 0.25) is 0 Å². The summed E-state index contributed by atoms with van der Waals surface area (Å²) in [4.78, 5) is 31.7.